The number of halogens is 1. The van der Waals surface area contributed by atoms with Gasteiger partial charge in [-0.2, -0.15) is 0 Å². The van der Waals surface area contributed by atoms with Gasteiger partial charge in [-0.25, -0.2) is 4.39 Å². The fraction of sp³-hybridized carbons (Fsp3) is 0.200. The number of furan rings is 1. The van der Waals surface area contributed by atoms with Crippen LogP contribution in [0.5, 0.6) is 0 Å². The predicted octanol–water partition coefficient (Wildman–Crippen LogP) is 3.70. The summed E-state index contributed by atoms with van der Waals surface area (Å²) in [6.45, 7) is 1.57. The number of rotatable bonds is 7. The van der Waals surface area contributed by atoms with E-state index in [1.54, 1.807) is 12.3 Å². The summed E-state index contributed by atoms with van der Waals surface area (Å²) in [4.78, 5) is 0. The molecule has 0 saturated heterocycles. The minimum atomic E-state index is -0.130. The molecule has 23 heavy (non-hydrogen) atoms. The highest BCUT2D eigenvalue weighted by Gasteiger charge is 2.17. The van der Waals surface area contributed by atoms with E-state index in [1.165, 1.54) is 11.6 Å². The molecular formula is C20H21FNO+. The van der Waals surface area contributed by atoms with Gasteiger partial charge in [0, 0.05) is 17.9 Å². The Morgan fingerprint density at radius 3 is 2.43 bits per heavy atom. The van der Waals surface area contributed by atoms with Crippen molar-refractivity contribution in [2.24, 2.45) is 0 Å². The van der Waals surface area contributed by atoms with Crippen LogP contribution in [-0.2, 0) is 6.54 Å². The van der Waals surface area contributed by atoms with Crippen LogP contribution in [-0.4, -0.2) is 6.54 Å². The normalized spacial score (nSPS) is 12.2. The van der Waals surface area contributed by atoms with Crippen molar-refractivity contribution in [3.8, 4) is 0 Å². The Hall–Kier alpha value is -2.39. The fourth-order valence-corrected chi connectivity index (χ4v) is 2.85. The predicted molar refractivity (Wildman–Crippen MR) is 88.5 cm³/mol. The monoisotopic (exact) mass is 310 g/mol. The van der Waals surface area contributed by atoms with Crippen molar-refractivity contribution in [1.29, 1.82) is 0 Å². The molecule has 3 aromatic rings. The standard InChI is InChI=1S/C20H20FNO/c21-19-10-5-4-9-17(19)15-22-13-12-18(20-11-6-14-23-20)16-7-2-1-3-8-16/h1-11,14,18,22H,12-13,15H2/p+1/t18-/m1/s1. The van der Waals surface area contributed by atoms with Crippen LogP contribution < -0.4 is 5.32 Å². The zero-order valence-corrected chi connectivity index (χ0v) is 13.0. The van der Waals surface area contributed by atoms with Crippen LogP contribution in [0.25, 0.3) is 0 Å². The molecule has 0 saturated carbocycles. The van der Waals surface area contributed by atoms with E-state index < -0.39 is 0 Å². The second-order valence-electron chi connectivity index (χ2n) is 5.64. The molecule has 2 aromatic carbocycles. The molecule has 1 atom stereocenters. The average molecular weight is 310 g/mol. The minimum Gasteiger partial charge on any atom is -0.469 e. The lowest BCUT2D eigenvalue weighted by Crippen LogP contribution is -2.82. The van der Waals surface area contributed by atoms with Gasteiger partial charge in [0.1, 0.15) is 18.1 Å². The zero-order valence-electron chi connectivity index (χ0n) is 13.0. The highest BCUT2D eigenvalue weighted by atomic mass is 19.1. The number of hydrogen-bond donors (Lipinski definition) is 1. The first kappa shape index (κ1) is 15.5. The Bertz CT molecular complexity index is 710. The lowest BCUT2D eigenvalue weighted by atomic mass is 9.93. The maximum atomic E-state index is 13.6. The summed E-state index contributed by atoms with van der Waals surface area (Å²) in [7, 11) is 0. The molecule has 0 aliphatic rings. The smallest absolute Gasteiger partial charge is 0.132 e. The quantitative estimate of drug-likeness (QED) is 0.663. The summed E-state index contributed by atoms with van der Waals surface area (Å²) in [6, 6.07) is 21.3. The summed E-state index contributed by atoms with van der Waals surface area (Å²) in [5.74, 6) is 1.09. The summed E-state index contributed by atoms with van der Waals surface area (Å²) < 4.78 is 19.2. The molecule has 0 radical (unpaired) electrons. The van der Waals surface area contributed by atoms with E-state index in [0.717, 1.165) is 24.3 Å². The number of nitrogens with two attached hydrogens (primary N) is 1. The molecule has 0 bridgehead atoms. The van der Waals surface area contributed by atoms with Crippen molar-refractivity contribution in [2.45, 2.75) is 18.9 Å². The van der Waals surface area contributed by atoms with Crippen LogP contribution in [0, 0.1) is 5.82 Å². The zero-order chi connectivity index (χ0) is 15.9. The molecule has 0 aliphatic carbocycles. The Kier molecular flexibility index (Phi) is 5.22. The van der Waals surface area contributed by atoms with Crippen LogP contribution in [0.15, 0.2) is 77.4 Å². The Labute approximate surface area is 136 Å². The lowest BCUT2D eigenvalue weighted by molar-refractivity contribution is -0.671. The summed E-state index contributed by atoms with van der Waals surface area (Å²) in [5.41, 5.74) is 2.00. The second kappa shape index (κ2) is 7.75. The van der Waals surface area contributed by atoms with Gasteiger partial charge < -0.3 is 9.73 Å². The van der Waals surface area contributed by atoms with Crippen molar-refractivity contribution >= 4 is 0 Å². The molecule has 1 aromatic heterocycles. The minimum absolute atomic E-state index is 0.130. The van der Waals surface area contributed by atoms with Gasteiger partial charge in [-0.15, -0.1) is 0 Å². The summed E-state index contributed by atoms with van der Waals surface area (Å²) in [6.07, 6.45) is 2.67. The van der Waals surface area contributed by atoms with Crippen LogP contribution in [0.4, 0.5) is 4.39 Å². The van der Waals surface area contributed by atoms with E-state index in [4.69, 9.17) is 4.42 Å². The van der Waals surface area contributed by atoms with Crippen molar-refractivity contribution in [3.05, 3.63) is 95.7 Å². The van der Waals surface area contributed by atoms with Crippen LogP contribution in [0.3, 0.4) is 0 Å². The summed E-state index contributed by atoms with van der Waals surface area (Å²) >= 11 is 0. The summed E-state index contributed by atoms with van der Waals surface area (Å²) in [5, 5.41) is 2.15. The van der Waals surface area contributed by atoms with Gasteiger partial charge in [-0.05, 0) is 23.8 Å². The van der Waals surface area contributed by atoms with Gasteiger partial charge in [-0.3, -0.25) is 0 Å². The molecule has 0 spiro atoms. The molecule has 2 N–H and O–H groups in total. The second-order valence-corrected chi connectivity index (χ2v) is 5.64. The molecule has 1 heterocycles. The highest BCUT2D eigenvalue weighted by Crippen LogP contribution is 2.27. The molecule has 0 fully saturated rings. The van der Waals surface area contributed by atoms with E-state index in [-0.39, 0.29) is 11.7 Å². The van der Waals surface area contributed by atoms with Crippen molar-refractivity contribution in [3.63, 3.8) is 0 Å². The van der Waals surface area contributed by atoms with Gasteiger partial charge in [0.25, 0.3) is 0 Å². The van der Waals surface area contributed by atoms with Crippen LogP contribution >= 0.6 is 0 Å². The number of quaternary nitrogens is 1. The molecule has 0 amide bonds. The molecule has 118 valence electrons. The topological polar surface area (TPSA) is 29.8 Å². The molecule has 3 heteroatoms. The third-order valence-electron chi connectivity index (χ3n) is 4.07. The lowest BCUT2D eigenvalue weighted by Gasteiger charge is -2.14. The van der Waals surface area contributed by atoms with E-state index >= 15 is 0 Å². The SMILES string of the molecule is Fc1ccccc1C[NH2+]CC[C@H](c1ccccc1)c1ccco1. The van der Waals surface area contributed by atoms with Crippen LogP contribution in [0.2, 0.25) is 0 Å². The van der Waals surface area contributed by atoms with E-state index in [9.17, 15) is 4.39 Å². The molecule has 0 unspecified atom stereocenters. The van der Waals surface area contributed by atoms with Crippen molar-refractivity contribution < 1.29 is 14.1 Å². The van der Waals surface area contributed by atoms with Gasteiger partial charge in [0.15, 0.2) is 0 Å². The first-order valence-electron chi connectivity index (χ1n) is 7.98. The maximum Gasteiger partial charge on any atom is 0.132 e. The van der Waals surface area contributed by atoms with Gasteiger partial charge >= 0.3 is 0 Å². The van der Waals surface area contributed by atoms with Crippen molar-refractivity contribution in [1.82, 2.24) is 0 Å². The molecule has 2 nitrogen and oxygen atoms in total. The van der Waals surface area contributed by atoms with E-state index in [2.05, 4.69) is 17.4 Å². The fourth-order valence-electron chi connectivity index (χ4n) is 2.85. The molecular weight excluding hydrogens is 289 g/mol. The third-order valence-corrected chi connectivity index (χ3v) is 4.07. The first-order chi connectivity index (χ1) is 11.3. The number of benzene rings is 2. The third kappa shape index (κ3) is 4.08. The van der Waals surface area contributed by atoms with Gasteiger partial charge in [0.2, 0.25) is 0 Å². The van der Waals surface area contributed by atoms with E-state index in [1.807, 2.05) is 42.5 Å². The van der Waals surface area contributed by atoms with Crippen LogP contribution in [0.1, 0.15) is 29.2 Å². The molecule has 0 aliphatic heterocycles. The Balaban J connectivity index is 1.61. The largest absolute Gasteiger partial charge is 0.469 e. The highest BCUT2D eigenvalue weighted by molar-refractivity contribution is 5.27. The van der Waals surface area contributed by atoms with E-state index in [0.29, 0.717) is 6.54 Å². The Morgan fingerprint density at radius 1 is 0.913 bits per heavy atom. The first-order valence-corrected chi connectivity index (χ1v) is 7.98. The maximum absolute atomic E-state index is 13.6. The molecule has 3 rings (SSSR count). The van der Waals surface area contributed by atoms with Gasteiger partial charge in [-0.1, -0.05) is 48.5 Å². The Morgan fingerprint density at radius 2 is 1.70 bits per heavy atom. The van der Waals surface area contributed by atoms with Crippen molar-refractivity contribution in [2.75, 3.05) is 6.54 Å². The number of hydrogen-bond acceptors (Lipinski definition) is 1. The average Bonchev–Trinajstić information content (AvgIpc) is 3.11. The van der Waals surface area contributed by atoms with Gasteiger partial charge in [0.05, 0.1) is 12.8 Å².